The molecule has 3 saturated carbocycles. The largest absolute Gasteiger partial charge is 0.488 e. The number of carbonyl (C=O) groups is 3. The standard InChI is InChI=1S/C50H106O29Si11/c1-39(51)27-36-48(54)42(4,5)30-24-33-45(48,10)67-81(14,59)71-82(15,60)72-83(16,61)73-84(17,62)74-87(20,65)78-90(23,69-47(12)35-26-32-44(8,9)50(47,56)38-29-41(3)53)79-88(21,66)76-85(18,63)75-86(19,64)77-89(22,70-80(13,57)58)68-46(11)34-25-31-43(6,7)49(46,55)37-28-40(2)52/h27-29,36-38,54-66H,24-26,30-35H2,1-23H3/b36-27+,37-28+,38-29+. The van der Waals surface area contributed by atoms with Crippen LogP contribution in [0.1, 0.15) is 141 Å². The van der Waals surface area contributed by atoms with E-state index in [0.29, 0.717) is 38.5 Å². The van der Waals surface area contributed by atoms with Crippen molar-refractivity contribution >= 4 is 114 Å². The van der Waals surface area contributed by atoms with Gasteiger partial charge in [0, 0.05) is 72.0 Å². The van der Waals surface area contributed by atoms with Crippen molar-refractivity contribution in [3.8, 4) is 0 Å². The summed E-state index contributed by atoms with van der Waals surface area (Å²) in [6.07, 6.45) is 10.4. The highest BCUT2D eigenvalue weighted by Crippen LogP contribution is 2.56. The first-order valence-corrected chi connectivity index (χ1v) is 54.5. The summed E-state index contributed by atoms with van der Waals surface area (Å²) in [5, 5.41) is 37.3. The molecule has 0 radical (unpaired) electrons. The Morgan fingerprint density at radius 2 is 0.511 bits per heavy atom. The summed E-state index contributed by atoms with van der Waals surface area (Å²) in [7, 11) is -54.3. The lowest BCUT2D eigenvalue weighted by Gasteiger charge is -2.57. The van der Waals surface area contributed by atoms with Crippen molar-refractivity contribution in [1.82, 2.24) is 0 Å². The molecule has 524 valence electrons. The third-order valence-corrected chi connectivity index (χ3v) is 49.2. The zero-order chi connectivity index (χ0) is 70.5. The summed E-state index contributed by atoms with van der Waals surface area (Å²) >= 11 is 0. The quantitative estimate of drug-likeness (QED) is 0.0340. The third-order valence-electron chi connectivity index (χ3n) is 16.6. The van der Waals surface area contributed by atoms with Gasteiger partial charge in [0.2, 0.25) is 0 Å². The van der Waals surface area contributed by atoms with Crippen LogP contribution in [-0.4, -0.2) is 211 Å². The maximum atomic E-state index is 12.7. The number of aliphatic hydroxyl groups is 3. The van der Waals surface area contributed by atoms with Crippen LogP contribution in [0.4, 0.5) is 0 Å². The van der Waals surface area contributed by atoms with E-state index >= 15 is 0 Å². The Kier molecular flexibility index (Phi) is 25.8. The van der Waals surface area contributed by atoms with Crippen LogP contribution in [-0.2, 0) is 68.8 Å². The van der Waals surface area contributed by atoms with Crippen molar-refractivity contribution < 1.29 is 132 Å². The highest BCUT2D eigenvalue weighted by Gasteiger charge is 2.68. The van der Waals surface area contributed by atoms with E-state index in [4.69, 9.17) is 54.4 Å². The Balaban J connectivity index is 2.05. The molecule has 0 aliphatic heterocycles. The second kappa shape index (κ2) is 27.7. The molecule has 16 unspecified atom stereocenters. The second-order valence-electron chi connectivity index (χ2n) is 28.2. The fraction of sp³-hybridized carbons (Fsp3) is 0.820. The first kappa shape index (κ1) is 83.8. The van der Waals surface area contributed by atoms with E-state index in [-0.39, 0.29) is 25.0 Å². The van der Waals surface area contributed by atoms with Crippen molar-refractivity contribution in [1.29, 1.82) is 0 Å². The van der Waals surface area contributed by atoms with E-state index in [2.05, 4.69) is 0 Å². The Bertz CT molecular complexity index is 2650. The van der Waals surface area contributed by atoms with Gasteiger partial charge >= 0.3 is 96.8 Å². The van der Waals surface area contributed by atoms with Crippen molar-refractivity contribution in [2.45, 2.75) is 246 Å². The molecule has 0 bridgehead atoms. The van der Waals surface area contributed by atoms with E-state index in [1.165, 1.54) is 78.5 Å². The molecule has 0 aromatic carbocycles. The maximum absolute atomic E-state index is 12.7. The van der Waals surface area contributed by atoms with Crippen LogP contribution >= 0.6 is 0 Å². The van der Waals surface area contributed by atoms with Crippen molar-refractivity contribution in [3.05, 3.63) is 36.5 Å². The maximum Gasteiger partial charge on any atom is 0.488 e. The molecule has 90 heavy (non-hydrogen) atoms. The molecule has 0 aromatic rings. The van der Waals surface area contributed by atoms with Gasteiger partial charge in [-0.1, -0.05) is 41.5 Å². The van der Waals surface area contributed by atoms with Crippen LogP contribution in [0.25, 0.3) is 0 Å². The highest BCUT2D eigenvalue weighted by atomic mass is 28.6. The van der Waals surface area contributed by atoms with E-state index < -0.39 is 158 Å². The molecule has 0 spiro atoms. The minimum atomic E-state index is -5.16. The van der Waals surface area contributed by atoms with Crippen LogP contribution in [0.3, 0.4) is 0 Å². The molecule has 13 N–H and O–H groups in total. The summed E-state index contributed by atoms with van der Waals surface area (Å²) in [6.45, 7) is 30.0. The molecular formula is C50H106O29Si11. The van der Waals surface area contributed by atoms with Crippen molar-refractivity contribution in [2.24, 2.45) is 16.2 Å². The van der Waals surface area contributed by atoms with Gasteiger partial charge in [0.1, 0.15) is 16.8 Å². The Labute approximate surface area is 542 Å². The number of hydrogen-bond donors (Lipinski definition) is 13. The summed E-state index contributed by atoms with van der Waals surface area (Å²) < 4.78 is 78.2. The van der Waals surface area contributed by atoms with E-state index in [1.54, 1.807) is 41.5 Å². The predicted octanol–water partition coefficient (Wildman–Crippen LogP) is 2.92. The van der Waals surface area contributed by atoms with E-state index in [9.17, 15) is 77.7 Å². The lowest BCUT2D eigenvalue weighted by molar-refractivity contribution is -0.197. The number of carbonyl (C=O) groups excluding carboxylic acids is 3. The van der Waals surface area contributed by atoms with Crippen LogP contribution in [0.15, 0.2) is 36.5 Å². The van der Waals surface area contributed by atoms with Crippen molar-refractivity contribution in [3.63, 3.8) is 0 Å². The van der Waals surface area contributed by atoms with Crippen molar-refractivity contribution in [2.75, 3.05) is 0 Å². The first-order chi connectivity index (χ1) is 39.6. The molecule has 29 nitrogen and oxygen atoms in total. The van der Waals surface area contributed by atoms with Gasteiger partial charge in [-0.25, -0.2) is 0 Å². The molecule has 3 aliphatic rings. The van der Waals surface area contributed by atoms with Gasteiger partial charge in [-0.15, -0.1) is 0 Å². The fourth-order valence-electron chi connectivity index (χ4n) is 13.2. The third kappa shape index (κ3) is 21.8. The van der Waals surface area contributed by atoms with Crippen LogP contribution in [0, 0.1) is 16.2 Å². The normalized spacial score (nSPS) is 34.3. The lowest BCUT2D eigenvalue weighted by atomic mass is 9.58. The summed E-state index contributed by atoms with van der Waals surface area (Å²) in [6, 6.07) is 0. The predicted molar refractivity (Wildman–Crippen MR) is 347 cm³/mol. The van der Waals surface area contributed by atoms with Crippen LogP contribution in [0.5, 0.6) is 0 Å². The Morgan fingerprint density at radius 3 is 0.733 bits per heavy atom. The van der Waals surface area contributed by atoms with Crippen LogP contribution < -0.4 is 0 Å². The molecule has 3 rings (SSSR count). The molecule has 0 saturated heterocycles. The molecular weight excluding hydrogens is 1370 g/mol. The van der Waals surface area contributed by atoms with Gasteiger partial charge < -0.3 is 118 Å². The SMILES string of the molecule is CC(=O)/C=C/C1(O)C(C)(C)CCCC1(C)O[Si](C)(O)O[Si](C)(O)O[Si](C)(O)O[Si](C)(O)O[Si](C)(O)O[Si](C)(OC1(C)CCCC(C)(C)C1(O)/C=C/C(C)=O)O[Si](C)(O)O[Si](C)(O)O[Si](C)(O)O[Si](C)(OC1(C)CCCC(C)(C)C1(O)/C=C/C(C)=O)O[Si](C)(O)O. The smallest absolute Gasteiger partial charge is 0.391 e. The molecule has 16 atom stereocenters. The fourth-order valence-corrected chi connectivity index (χ4v) is 50.1. The molecule has 3 fully saturated rings. The summed E-state index contributed by atoms with van der Waals surface area (Å²) in [5.41, 5.74) is -13.9. The van der Waals surface area contributed by atoms with Gasteiger partial charge in [-0.3, -0.25) is 14.4 Å². The molecule has 0 aromatic heterocycles. The number of allylic oxidation sites excluding steroid dienone is 3. The second-order valence-corrected chi connectivity index (χ2v) is 56.7. The zero-order valence-corrected chi connectivity index (χ0v) is 67.7. The minimum absolute atomic E-state index is 0.0153. The number of hydrogen-bond acceptors (Lipinski definition) is 29. The molecule has 0 heterocycles. The number of rotatable bonds is 32. The lowest BCUT2D eigenvalue weighted by Crippen LogP contribution is -2.72. The first-order valence-electron chi connectivity index (χ1n) is 29.7. The molecule has 40 heteroatoms. The Hall–Kier alpha value is -0.424. The topological polar surface area (TPSA) is 434 Å². The summed E-state index contributed by atoms with van der Waals surface area (Å²) in [4.78, 5) is 153. The molecule has 3 aliphatic carbocycles. The number of ketones is 3. The van der Waals surface area contributed by atoms with Crippen LogP contribution in [0.2, 0.25) is 72.0 Å². The van der Waals surface area contributed by atoms with Gasteiger partial charge in [0.25, 0.3) is 0 Å². The average Bonchev–Trinajstić information content (AvgIpc) is 0.742. The van der Waals surface area contributed by atoms with Gasteiger partial charge in [-0.05, 0) is 152 Å². The Morgan fingerprint density at radius 1 is 0.311 bits per heavy atom. The average molecular weight is 1480 g/mol. The summed E-state index contributed by atoms with van der Waals surface area (Å²) in [5.74, 6) is -1.19. The van der Waals surface area contributed by atoms with Gasteiger partial charge in [-0.2, -0.15) is 0 Å². The minimum Gasteiger partial charge on any atom is -0.391 e. The van der Waals surface area contributed by atoms with E-state index in [0.717, 1.165) is 71.5 Å². The van der Waals surface area contributed by atoms with Gasteiger partial charge in [0.15, 0.2) is 17.3 Å². The van der Waals surface area contributed by atoms with E-state index in [1.807, 2.05) is 0 Å². The monoisotopic (exact) mass is 1480 g/mol. The highest BCUT2D eigenvalue weighted by molar-refractivity contribution is 6.87. The molecule has 0 amide bonds. The van der Waals surface area contributed by atoms with Gasteiger partial charge in [0.05, 0.1) is 16.8 Å². The zero-order valence-electron chi connectivity index (χ0n) is 56.7.